The minimum Gasteiger partial charge on any atom is -0.481 e. The number of benzene rings is 1. The molecule has 2 N–H and O–H groups in total. The Kier molecular flexibility index (Phi) is 4.66. The molecule has 1 saturated carbocycles. The summed E-state index contributed by atoms with van der Waals surface area (Å²) in [5.41, 5.74) is 1.22. The zero-order valence-corrected chi connectivity index (χ0v) is 12.7. The molecule has 114 valence electrons. The Morgan fingerprint density at radius 1 is 1.33 bits per heavy atom. The van der Waals surface area contributed by atoms with Gasteiger partial charge in [0.2, 0.25) is 5.91 Å². The smallest absolute Gasteiger partial charge is 0.311 e. The van der Waals surface area contributed by atoms with E-state index in [-0.39, 0.29) is 11.9 Å². The molecule has 1 aromatic carbocycles. The molecule has 1 aliphatic carbocycles. The lowest BCUT2D eigenvalue weighted by Gasteiger charge is -2.38. The summed E-state index contributed by atoms with van der Waals surface area (Å²) in [7, 11) is 0. The normalized spacial score (nSPS) is 25.3. The summed E-state index contributed by atoms with van der Waals surface area (Å²) in [5, 5.41) is 12.4. The summed E-state index contributed by atoms with van der Waals surface area (Å²) in [6, 6.07) is 7.49. The highest BCUT2D eigenvalue weighted by atomic mass is 16.4. The second-order valence-electron chi connectivity index (χ2n) is 6.19. The average molecular weight is 289 g/mol. The molecule has 2 rings (SSSR count). The predicted molar refractivity (Wildman–Crippen MR) is 81.0 cm³/mol. The largest absolute Gasteiger partial charge is 0.481 e. The molecule has 0 saturated heterocycles. The van der Waals surface area contributed by atoms with Gasteiger partial charge in [-0.05, 0) is 37.8 Å². The Balaban J connectivity index is 2.04. The number of carboxylic acid groups (broad SMARTS) is 1. The zero-order chi connectivity index (χ0) is 15.5. The number of carbonyl (C=O) groups is 2. The molecule has 2 unspecified atom stereocenters. The molecule has 21 heavy (non-hydrogen) atoms. The van der Waals surface area contributed by atoms with Gasteiger partial charge in [0.25, 0.3) is 0 Å². The van der Waals surface area contributed by atoms with Crippen molar-refractivity contribution in [3.8, 4) is 0 Å². The fourth-order valence-electron chi connectivity index (χ4n) is 3.05. The van der Waals surface area contributed by atoms with Crippen molar-refractivity contribution in [1.82, 2.24) is 5.32 Å². The molecule has 1 aliphatic rings. The molecule has 0 aromatic heterocycles. The monoisotopic (exact) mass is 289 g/mol. The third-order valence-corrected chi connectivity index (χ3v) is 4.64. The number of aliphatic carboxylic acids is 1. The van der Waals surface area contributed by atoms with Crippen LogP contribution in [0.2, 0.25) is 0 Å². The molecule has 0 radical (unpaired) electrons. The van der Waals surface area contributed by atoms with Crippen LogP contribution in [0.25, 0.3) is 0 Å². The first kappa shape index (κ1) is 15.5. The van der Waals surface area contributed by atoms with E-state index in [9.17, 15) is 14.7 Å². The molecule has 2 atom stereocenters. The van der Waals surface area contributed by atoms with Gasteiger partial charge in [0.05, 0.1) is 11.8 Å². The number of nitrogens with one attached hydrogen (secondary N) is 1. The third kappa shape index (κ3) is 3.43. The van der Waals surface area contributed by atoms with Gasteiger partial charge in [-0.1, -0.05) is 37.1 Å². The van der Waals surface area contributed by atoms with Crippen LogP contribution in [0.15, 0.2) is 24.3 Å². The number of hydrogen-bond donors (Lipinski definition) is 2. The lowest BCUT2D eigenvalue weighted by atomic mass is 9.71. The summed E-state index contributed by atoms with van der Waals surface area (Å²) in [6.07, 6.45) is 3.55. The Bertz CT molecular complexity index is 541. The molecule has 0 aliphatic heterocycles. The van der Waals surface area contributed by atoms with Crippen molar-refractivity contribution in [3.05, 3.63) is 35.4 Å². The van der Waals surface area contributed by atoms with Crippen LogP contribution in [-0.2, 0) is 16.0 Å². The van der Waals surface area contributed by atoms with Crippen LogP contribution in [0.5, 0.6) is 0 Å². The van der Waals surface area contributed by atoms with Crippen molar-refractivity contribution in [2.24, 2.45) is 5.41 Å². The van der Waals surface area contributed by atoms with Crippen molar-refractivity contribution in [3.63, 3.8) is 0 Å². The summed E-state index contributed by atoms with van der Waals surface area (Å²) in [4.78, 5) is 23.8. The van der Waals surface area contributed by atoms with Crippen molar-refractivity contribution in [2.45, 2.75) is 52.0 Å². The van der Waals surface area contributed by atoms with Gasteiger partial charge in [0, 0.05) is 6.04 Å². The maximum Gasteiger partial charge on any atom is 0.311 e. The van der Waals surface area contributed by atoms with Gasteiger partial charge in [-0.3, -0.25) is 9.59 Å². The first-order chi connectivity index (χ1) is 9.93. The van der Waals surface area contributed by atoms with E-state index in [1.807, 2.05) is 31.2 Å². The fourth-order valence-corrected chi connectivity index (χ4v) is 3.05. The predicted octanol–water partition coefficient (Wildman–Crippen LogP) is 2.69. The summed E-state index contributed by atoms with van der Waals surface area (Å²) in [6.45, 7) is 3.72. The second kappa shape index (κ2) is 6.29. The maximum atomic E-state index is 12.2. The van der Waals surface area contributed by atoms with Gasteiger partial charge < -0.3 is 10.4 Å². The van der Waals surface area contributed by atoms with Gasteiger partial charge >= 0.3 is 5.97 Å². The van der Waals surface area contributed by atoms with Crippen LogP contribution < -0.4 is 5.32 Å². The van der Waals surface area contributed by atoms with E-state index in [4.69, 9.17) is 0 Å². The molecule has 4 heteroatoms. The number of carboxylic acids is 1. The first-order valence-corrected chi connectivity index (χ1v) is 7.51. The van der Waals surface area contributed by atoms with Gasteiger partial charge in [0.15, 0.2) is 0 Å². The lowest BCUT2D eigenvalue weighted by molar-refractivity contribution is -0.152. The number of aryl methyl sites for hydroxylation is 1. The van der Waals surface area contributed by atoms with Crippen molar-refractivity contribution in [1.29, 1.82) is 0 Å². The molecule has 1 amide bonds. The number of carbonyl (C=O) groups excluding carboxylic acids is 1. The standard InChI is InChI=1S/C17H23NO3/c1-12-7-3-4-8-13(12)11-15(19)18-14-9-5-6-10-17(14,2)16(20)21/h3-4,7-8,14H,5-6,9-11H2,1-2H3,(H,18,19)(H,20,21). The van der Waals surface area contributed by atoms with Crippen LogP contribution in [0, 0.1) is 12.3 Å². The highest BCUT2D eigenvalue weighted by molar-refractivity contribution is 5.81. The van der Waals surface area contributed by atoms with Gasteiger partial charge in [-0.2, -0.15) is 0 Å². The zero-order valence-electron chi connectivity index (χ0n) is 12.7. The number of amides is 1. The molecule has 1 fully saturated rings. The minimum atomic E-state index is -0.848. The van der Waals surface area contributed by atoms with Crippen LogP contribution in [0.4, 0.5) is 0 Å². The van der Waals surface area contributed by atoms with E-state index in [0.717, 1.165) is 30.4 Å². The SMILES string of the molecule is Cc1ccccc1CC(=O)NC1CCCCC1(C)C(=O)O. The quantitative estimate of drug-likeness (QED) is 0.895. The van der Waals surface area contributed by atoms with E-state index in [2.05, 4.69) is 5.32 Å². The van der Waals surface area contributed by atoms with E-state index in [1.165, 1.54) is 0 Å². The van der Waals surface area contributed by atoms with E-state index >= 15 is 0 Å². The van der Waals surface area contributed by atoms with Crippen molar-refractivity contribution < 1.29 is 14.7 Å². The van der Waals surface area contributed by atoms with Crippen LogP contribution in [0.1, 0.15) is 43.7 Å². The number of hydrogen-bond acceptors (Lipinski definition) is 2. The Hall–Kier alpha value is -1.84. The Morgan fingerprint density at radius 2 is 2.05 bits per heavy atom. The minimum absolute atomic E-state index is 0.0938. The Morgan fingerprint density at radius 3 is 2.71 bits per heavy atom. The maximum absolute atomic E-state index is 12.2. The molecule has 4 nitrogen and oxygen atoms in total. The third-order valence-electron chi connectivity index (χ3n) is 4.64. The molecule has 1 aromatic rings. The fraction of sp³-hybridized carbons (Fsp3) is 0.529. The molecule has 0 spiro atoms. The topological polar surface area (TPSA) is 66.4 Å². The molecular weight excluding hydrogens is 266 g/mol. The lowest BCUT2D eigenvalue weighted by Crippen LogP contribution is -2.52. The highest BCUT2D eigenvalue weighted by Gasteiger charge is 2.43. The van der Waals surface area contributed by atoms with E-state index in [0.29, 0.717) is 12.8 Å². The van der Waals surface area contributed by atoms with Gasteiger partial charge in [0.1, 0.15) is 0 Å². The average Bonchev–Trinajstić information content (AvgIpc) is 2.44. The molecular formula is C17H23NO3. The summed E-state index contributed by atoms with van der Waals surface area (Å²) in [5.74, 6) is -0.910. The van der Waals surface area contributed by atoms with Crippen molar-refractivity contribution in [2.75, 3.05) is 0 Å². The van der Waals surface area contributed by atoms with Crippen LogP contribution in [-0.4, -0.2) is 23.0 Å². The van der Waals surface area contributed by atoms with E-state index in [1.54, 1.807) is 6.92 Å². The van der Waals surface area contributed by atoms with Crippen LogP contribution in [0.3, 0.4) is 0 Å². The Labute approximate surface area is 125 Å². The molecule has 0 heterocycles. The van der Waals surface area contributed by atoms with E-state index < -0.39 is 11.4 Å². The van der Waals surface area contributed by atoms with Crippen molar-refractivity contribution >= 4 is 11.9 Å². The highest BCUT2D eigenvalue weighted by Crippen LogP contribution is 2.36. The van der Waals surface area contributed by atoms with Crippen LogP contribution >= 0.6 is 0 Å². The number of rotatable bonds is 4. The van der Waals surface area contributed by atoms with Gasteiger partial charge in [-0.25, -0.2) is 0 Å². The summed E-state index contributed by atoms with van der Waals surface area (Å²) < 4.78 is 0. The molecule has 0 bridgehead atoms. The van der Waals surface area contributed by atoms with Gasteiger partial charge in [-0.15, -0.1) is 0 Å². The second-order valence-corrected chi connectivity index (χ2v) is 6.19. The summed E-state index contributed by atoms with van der Waals surface area (Å²) >= 11 is 0. The first-order valence-electron chi connectivity index (χ1n) is 7.51.